The minimum atomic E-state index is -0.431. The number of nitrogen functional groups attached to an aromatic ring is 1. The van der Waals surface area contributed by atoms with Gasteiger partial charge in [0.05, 0.1) is 18.8 Å². The van der Waals surface area contributed by atoms with E-state index >= 15 is 0 Å². The fourth-order valence-corrected chi connectivity index (χ4v) is 2.43. The highest BCUT2D eigenvalue weighted by Gasteiger charge is 2.21. The first kappa shape index (κ1) is 13.7. The lowest BCUT2D eigenvalue weighted by molar-refractivity contribution is 0.0602. The largest absolute Gasteiger partial charge is 0.465 e. The van der Waals surface area contributed by atoms with E-state index in [1.165, 1.54) is 7.11 Å². The average molecular weight is 264 g/mol. The van der Waals surface area contributed by atoms with Crippen LogP contribution >= 0.6 is 0 Å². The summed E-state index contributed by atoms with van der Waals surface area (Å²) in [4.78, 5) is 13.8. The predicted octanol–water partition coefficient (Wildman–Crippen LogP) is 1.32. The second-order valence-electron chi connectivity index (χ2n) is 4.96. The Kier molecular flexibility index (Phi) is 3.95. The molecule has 0 aromatic heterocycles. The number of rotatable bonds is 2. The maximum absolute atomic E-state index is 11.7. The topological polar surface area (TPSA) is 75.8 Å². The third-order valence-electron chi connectivity index (χ3n) is 3.54. The standard InChI is InChI=1S/C14H20N2O3/c1-9-6-10(16-5-3-4-11(17)8-16)7-12(13(9)15)14(18)19-2/h6-7,11,17H,3-5,8,15H2,1-2H3. The van der Waals surface area contributed by atoms with E-state index < -0.39 is 5.97 Å². The van der Waals surface area contributed by atoms with Crippen LogP contribution in [-0.4, -0.2) is 37.4 Å². The Morgan fingerprint density at radius 1 is 1.53 bits per heavy atom. The predicted molar refractivity (Wildman–Crippen MR) is 74.4 cm³/mol. The van der Waals surface area contributed by atoms with E-state index in [1.54, 1.807) is 6.07 Å². The zero-order valence-electron chi connectivity index (χ0n) is 11.3. The molecule has 5 heteroatoms. The van der Waals surface area contributed by atoms with Gasteiger partial charge >= 0.3 is 5.97 Å². The van der Waals surface area contributed by atoms with Crippen LogP contribution < -0.4 is 10.6 Å². The number of esters is 1. The minimum Gasteiger partial charge on any atom is -0.465 e. The lowest BCUT2D eigenvalue weighted by atomic mass is 10.0. The van der Waals surface area contributed by atoms with Gasteiger partial charge in [-0.15, -0.1) is 0 Å². The van der Waals surface area contributed by atoms with Crippen molar-refractivity contribution in [2.24, 2.45) is 0 Å². The number of aliphatic hydroxyl groups excluding tert-OH is 1. The molecule has 0 aliphatic carbocycles. The molecule has 19 heavy (non-hydrogen) atoms. The summed E-state index contributed by atoms with van der Waals surface area (Å²) in [6.07, 6.45) is 1.46. The summed E-state index contributed by atoms with van der Waals surface area (Å²) in [7, 11) is 1.34. The molecule has 0 saturated carbocycles. The minimum absolute atomic E-state index is 0.312. The van der Waals surface area contributed by atoms with E-state index in [4.69, 9.17) is 10.5 Å². The van der Waals surface area contributed by atoms with Crippen LogP contribution in [0.5, 0.6) is 0 Å². The van der Waals surface area contributed by atoms with Gasteiger partial charge in [-0.05, 0) is 37.5 Å². The summed E-state index contributed by atoms with van der Waals surface area (Å²) >= 11 is 0. The van der Waals surface area contributed by atoms with Crippen LogP contribution in [-0.2, 0) is 4.74 Å². The Bertz CT molecular complexity index is 488. The third kappa shape index (κ3) is 2.81. The molecule has 0 radical (unpaired) electrons. The number of carbonyl (C=O) groups is 1. The number of ether oxygens (including phenoxy) is 1. The summed E-state index contributed by atoms with van der Waals surface area (Å²) in [5.74, 6) is -0.431. The van der Waals surface area contributed by atoms with Crippen LogP contribution in [0.3, 0.4) is 0 Å². The van der Waals surface area contributed by atoms with E-state index in [2.05, 4.69) is 4.90 Å². The van der Waals surface area contributed by atoms with Gasteiger partial charge in [0.1, 0.15) is 0 Å². The normalized spacial score (nSPS) is 19.3. The van der Waals surface area contributed by atoms with Crippen molar-refractivity contribution in [3.8, 4) is 0 Å². The first-order valence-corrected chi connectivity index (χ1v) is 6.44. The van der Waals surface area contributed by atoms with Crippen molar-refractivity contribution in [1.29, 1.82) is 0 Å². The van der Waals surface area contributed by atoms with Crippen LogP contribution in [0.4, 0.5) is 11.4 Å². The number of hydrogen-bond acceptors (Lipinski definition) is 5. The van der Waals surface area contributed by atoms with E-state index in [0.29, 0.717) is 17.8 Å². The van der Waals surface area contributed by atoms with Crippen molar-refractivity contribution in [3.05, 3.63) is 23.3 Å². The molecule has 3 N–H and O–H groups in total. The molecule has 5 nitrogen and oxygen atoms in total. The number of piperidine rings is 1. The molecule has 1 atom stereocenters. The van der Waals surface area contributed by atoms with E-state index in [1.807, 2.05) is 13.0 Å². The van der Waals surface area contributed by atoms with Crippen LogP contribution in [0.15, 0.2) is 12.1 Å². The fraction of sp³-hybridized carbons (Fsp3) is 0.500. The molecule has 1 unspecified atom stereocenters. The van der Waals surface area contributed by atoms with E-state index in [9.17, 15) is 9.90 Å². The van der Waals surface area contributed by atoms with Gasteiger partial charge in [0.15, 0.2) is 0 Å². The number of hydrogen-bond donors (Lipinski definition) is 2. The summed E-state index contributed by atoms with van der Waals surface area (Å²) in [6, 6.07) is 3.69. The van der Waals surface area contributed by atoms with Crippen LogP contribution in [0, 0.1) is 6.92 Å². The van der Waals surface area contributed by atoms with Crippen molar-refractivity contribution in [2.45, 2.75) is 25.9 Å². The number of β-amino-alcohol motifs (C(OH)–C–C–N with tert-alkyl or cyclic N) is 1. The SMILES string of the molecule is COC(=O)c1cc(N2CCCC(O)C2)cc(C)c1N. The number of nitrogens with zero attached hydrogens (tertiary/aromatic N) is 1. The van der Waals surface area contributed by atoms with Crippen molar-refractivity contribution < 1.29 is 14.6 Å². The average Bonchev–Trinajstić information content (AvgIpc) is 2.40. The number of aryl methyl sites for hydroxylation is 1. The smallest absolute Gasteiger partial charge is 0.340 e. The number of nitrogens with two attached hydrogens (primary N) is 1. The molecular weight excluding hydrogens is 244 g/mol. The second kappa shape index (κ2) is 5.48. The van der Waals surface area contributed by atoms with Gasteiger partial charge in [0.2, 0.25) is 0 Å². The van der Waals surface area contributed by atoms with Crippen molar-refractivity contribution in [2.75, 3.05) is 30.8 Å². The Hall–Kier alpha value is -1.75. The van der Waals surface area contributed by atoms with Gasteiger partial charge in [0, 0.05) is 24.5 Å². The van der Waals surface area contributed by atoms with Gasteiger partial charge in [0.25, 0.3) is 0 Å². The Morgan fingerprint density at radius 3 is 2.89 bits per heavy atom. The Morgan fingerprint density at radius 2 is 2.26 bits per heavy atom. The van der Waals surface area contributed by atoms with Crippen molar-refractivity contribution in [1.82, 2.24) is 0 Å². The lowest BCUT2D eigenvalue weighted by Crippen LogP contribution is -2.38. The number of benzene rings is 1. The van der Waals surface area contributed by atoms with Gasteiger partial charge in [-0.25, -0.2) is 4.79 Å². The summed E-state index contributed by atoms with van der Waals surface area (Å²) in [6.45, 7) is 3.33. The number of methoxy groups -OCH3 is 1. The van der Waals surface area contributed by atoms with Gasteiger partial charge in [-0.3, -0.25) is 0 Å². The molecule has 0 spiro atoms. The molecule has 0 bridgehead atoms. The Balaban J connectivity index is 2.36. The molecule has 1 fully saturated rings. The van der Waals surface area contributed by atoms with Gasteiger partial charge < -0.3 is 20.5 Å². The zero-order chi connectivity index (χ0) is 14.0. The maximum atomic E-state index is 11.7. The summed E-state index contributed by atoms with van der Waals surface area (Å²) in [5.41, 5.74) is 8.51. The molecule has 1 saturated heterocycles. The first-order valence-electron chi connectivity index (χ1n) is 6.44. The van der Waals surface area contributed by atoms with Crippen LogP contribution in [0.1, 0.15) is 28.8 Å². The molecule has 1 heterocycles. The zero-order valence-corrected chi connectivity index (χ0v) is 11.3. The first-order chi connectivity index (χ1) is 9.02. The maximum Gasteiger partial charge on any atom is 0.340 e. The van der Waals surface area contributed by atoms with Crippen LogP contribution in [0.2, 0.25) is 0 Å². The summed E-state index contributed by atoms with van der Waals surface area (Å²) in [5, 5.41) is 9.73. The van der Waals surface area contributed by atoms with E-state index in [0.717, 1.165) is 30.6 Å². The molecule has 1 aliphatic rings. The highest BCUT2D eigenvalue weighted by atomic mass is 16.5. The number of aliphatic hydroxyl groups is 1. The quantitative estimate of drug-likeness (QED) is 0.622. The summed E-state index contributed by atoms with van der Waals surface area (Å²) < 4.78 is 4.75. The monoisotopic (exact) mass is 264 g/mol. The lowest BCUT2D eigenvalue weighted by Gasteiger charge is -2.32. The molecular formula is C14H20N2O3. The number of anilines is 2. The molecule has 1 aromatic rings. The second-order valence-corrected chi connectivity index (χ2v) is 4.96. The molecule has 1 aromatic carbocycles. The van der Waals surface area contributed by atoms with Crippen molar-refractivity contribution >= 4 is 17.3 Å². The van der Waals surface area contributed by atoms with Crippen molar-refractivity contribution in [3.63, 3.8) is 0 Å². The van der Waals surface area contributed by atoms with Gasteiger partial charge in [-0.2, -0.15) is 0 Å². The van der Waals surface area contributed by atoms with E-state index in [-0.39, 0.29) is 6.10 Å². The number of carbonyl (C=O) groups excluding carboxylic acids is 1. The fourth-order valence-electron chi connectivity index (χ4n) is 2.43. The van der Waals surface area contributed by atoms with Crippen LogP contribution in [0.25, 0.3) is 0 Å². The highest BCUT2D eigenvalue weighted by molar-refractivity contribution is 5.97. The molecule has 104 valence electrons. The van der Waals surface area contributed by atoms with Gasteiger partial charge in [-0.1, -0.05) is 0 Å². The molecule has 0 amide bonds. The molecule has 2 rings (SSSR count). The third-order valence-corrected chi connectivity index (χ3v) is 3.54. The Labute approximate surface area is 113 Å². The molecule has 1 aliphatic heterocycles. The highest BCUT2D eigenvalue weighted by Crippen LogP contribution is 2.28.